The van der Waals surface area contributed by atoms with Crippen LogP contribution in [0.4, 0.5) is 9.59 Å². The van der Waals surface area contributed by atoms with E-state index in [1.54, 1.807) is 71.9 Å². The van der Waals surface area contributed by atoms with Gasteiger partial charge in [-0.1, -0.05) is 12.1 Å². The summed E-state index contributed by atoms with van der Waals surface area (Å²) in [6, 6.07) is 6.37. The van der Waals surface area contributed by atoms with Crippen molar-refractivity contribution in [2.45, 2.75) is 71.3 Å². The highest BCUT2D eigenvalue weighted by molar-refractivity contribution is 6.12. The van der Waals surface area contributed by atoms with Gasteiger partial charge in [-0.05, 0) is 59.8 Å². The molecule has 0 spiro atoms. The van der Waals surface area contributed by atoms with Crippen molar-refractivity contribution in [3.63, 3.8) is 0 Å². The van der Waals surface area contributed by atoms with Crippen LogP contribution in [0, 0.1) is 0 Å². The number of rotatable bonds is 1. The molecule has 2 unspecified atom stereocenters. The van der Waals surface area contributed by atoms with Gasteiger partial charge in [0.05, 0.1) is 11.6 Å². The van der Waals surface area contributed by atoms with Crippen molar-refractivity contribution in [2.24, 2.45) is 0 Å². The number of carbonyl (C=O) groups is 3. The number of benzene rings is 1. The molecule has 0 fully saturated rings. The zero-order valence-corrected chi connectivity index (χ0v) is 18.1. The molecule has 162 valence electrons. The second-order valence-electron chi connectivity index (χ2n) is 9.32. The standard InChI is InChI=1S/C22H28N2O6/c1-21(2,3)29-19(26)23-24(20(27)30-22(4,5)6)13-11-15-17(12-13)28-16-10-8-7-9-14(16)18(15)25/h7-11,13,17H,12H2,1-6H3,(H,23,26). The van der Waals surface area contributed by atoms with Crippen LogP contribution in [-0.2, 0) is 9.47 Å². The average Bonchev–Trinajstić information content (AvgIpc) is 3.00. The van der Waals surface area contributed by atoms with Crippen molar-refractivity contribution in [1.29, 1.82) is 0 Å². The SMILES string of the molecule is CC(C)(C)OC(=O)NN(C(=O)OC(C)(C)C)C1C=C2C(=O)c3ccccc3OC2C1. The number of nitrogens with one attached hydrogen (secondary N) is 1. The van der Waals surface area contributed by atoms with Gasteiger partial charge in [-0.25, -0.2) is 20.0 Å². The molecule has 8 heteroatoms. The van der Waals surface area contributed by atoms with Crippen molar-refractivity contribution in [3.05, 3.63) is 41.5 Å². The van der Waals surface area contributed by atoms with E-state index in [4.69, 9.17) is 14.2 Å². The Morgan fingerprint density at radius 3 is 2.33 bits per heavy atom. The molecule has 2 aliphatic rings. The van der Waals surface area contributed by atoms with E-state index in [0.29, 0.717) is 23.3 Å². The maximum atomic E-state index is 12.9. The summed E-state index contributed by atoms with van der Waals surface area (Å²) < 4.78 is 16.7. The lowest BCUT2D eigenvalue weighted by molar-refractivity contribution is -0.00653. The van der Waals surface area contributed by atoms with E-state index >= 15 is 0 Å². The Bertz CT molecular complexity index is 894. The van der Waals surface area contributed by atoms with Gasteiger partial charge in [-0.15, -0.1) is 0 Å². The number of nitrogens with zero attached hydrogens (tertiary/aromatic N) is 1. The van der Waals surface area contributed by atoms with Gasteiger partial charge in [-0.3, -0.25) is 4.79 Å². The maximum absolute atomic E-state index is 12.9. The number of carbonyl (C=O) groups excluding carboxylic acids is 3. The van der Waals surface area contributed by atoms with Gasteiger partial charge in [-0.2, -0.15) is 0 Å². The number of amides is 2. The zero-order valence-electron chi connectivity index (χ0n) is 18.1. The number of fused-ring (bicyclic) bond motifs is 2. The van der Waals surface area contributed by atoms with Gasteiger partial charge in [0.15, 0.2) is 5.78 Å². The Morgan fingerprint density at radius 2 is 1.70 bits per heavy atom. The van der Waals surface area contributed by atoms with Crippen LogP contribution in [0.1, 0.15) is 58.3 Å². The lowest BCUT2D eigenvalue weighted by Gasteiger charge is -2.32. The van der Waals surface area contributed by atoms with Crippen molar-refractivity contribution < 1.29 is 28.6 Å². The summed E-state index contributed by atoms with van der Waals surface area (Å²) in [7, 11) is 0. The summed E-state index contributed by atoms with van der Waals surface area (Å²) in [5, 5.41) is 1.06. The number of ether oxygens (including phenoxy) is 3. The van der Waals surface area contributed by atoms with E-state index in [1.165, 1.54) is 0 Å². The molecule has 1 heterocycles. The lowest BCUT2D eigenvalue weighted by Crippen LogP contribution is -2.53. The Morgan fingerprint density at radius 1 is 1.07 bits per heavy atom. The molecular weight excluding hydrogens is 388 g/mol. The van der Waals surface area contributed by atoms with Crippen molar-refractivity contribution >= 4 is 18.0 Å². The van der Waals surface area contributed by atoms with Crippen LogP contribution >= 0.6 is 0 Å². The van der Waals surface area contributed by atoms with Crippen LogP contribution in [0.5, 0.6) is 5.75 Å². The van der Waals surface area contributed by atoms with Crippen LogP contribution in [0.2, 0.25) is 0 Å². The molecule has 0 radical (unpaired) electrons. The average molecular weight is 416 g/mol. The largest absolute Gasteiger partial charge is 0.485 e. The van der Waals surface area contributed by atoms with Crippen LogP contribution in [0.3, 0.4) is 0 Å². The van der Waals surface area contributed by atoms with E-state index in [-0.39, 0.29) is 5.78 Å². The first-order valence-corrected chi connectivity index (χ1v) is 9.88. The highest BCUT2D eigenvalue weighted by atomic mass is 16.6. The van der Waals surface area contributed by atoms with E-state index in [0.717, 1.165) is 5.01 Å². The number of hydrogen-bond donors (Lipinski definition) is 1. The molecule has 30 heavy (non-hydrogen) atoms. The second-order valence-corrected chi connectivity index (χ2v) is 9.32. The van der Waals surface area contributed by atoms with Crippen LogP contribution in [-0.4, -0.2) is 46.3 Å². The van der Waals surface area contributed by atoms with E-state index in [1.807, 2.05) is 0 Å². The van der Waals surface area contributed by atoms with Crippen molar-refractivity contribution in [1.82, 2.24) is 10.4 Å². The fraction of sp³-hybridized carbons (Fsp3) is 0.500. The van der Waals surface area contributed by atoms with Gasteiger partial charge in [0.2, 0.25) is 0 Å². The third-order valence-corrected chi connectivity index (χ3v) is 4.37. The highest BCUT2D eigenvalue weighted by Crippen LogP contribution is 2.37. The fourth-order valence-corrected chi connectivity index (χ4v) is 3.28. The van der Waals surface area contributed by atoms with E-state index in [2.05, 4.69) is 5.43 Å². The molecule has 0 saturated heterocycles. The predicted octanol–water partition coefficient (Wildman–Crippen LogP) is 4.01. The number of hydrazine groups is 1. The van der Waals surface area contributed by atoms with E-state index < -0.39 is 35.5 Å². The smallest absolute Gasteiger partial charge is 0.429 e. The number of ketones is 1. The number of para-hydroxylation sites is 1. The molecule has 1 aromatic carbocycles. The second kappa shape index (κ2) is 7.66. The summed E-state index contributed by atoms with van der Waals surface area (Å²) in [6.07, 6.45) is -0.118. The molecule has 0 bridgehead atoms. The first-order chi connectivity index (χ1) is 13.8. The molecular formula is C22H28N2O6. The van der Waals surface area contributed by atoms with E-state index in [9.17, 15) is 14.4 Å². The van der Waals surface area contributed by atoms with Gasteiger partial charge >= 0.3 is 12.2 Å². The van der Waals surface area contributed by atoms with Crippen molar-refractivity contribution in [3.8, 4) is 5.75 Å². The summed E-state index contributed by atoms with van der Waals surface area (Å²) in [5.41, 5.74) is 1.89. The molecule has 3 rings (SSSR count). The van der Waals surface area contributed by atoms with Crippen LogP contribution in [0.25, 0.3) is 0 Å². The Labute approximate surface area is 176 Å². The molecule has 2 amide bonds. The van der Waals surface area contributed by atoms with Crippen LogP contribution < -0.4 is 10.2 Å². The molecule has 1 aliphatic carbocycles. The minimum atomic E-state index is -0.794. The zero-order chi connectivity index (χ0) is 22.3. The van der Waals surface area contributed by atoms with Gasteiger partial charge in [0.1, 0.15) is 23.1 Å². The van der Waals surface area contributed by atoms with Gasteiger partial charge in [0.25, 0.3) is 0 Å². The fourth-order valence-electron chi connectivity index (χ4n) is 3.28. The molecule has 1 aliphatic heterocycles. The lowest BCUT2D eigenvalue weighted by atomic mass is 9.97. The predicted molar refractivity (Wildman–Crippen MR) is 109 cm³/mol. The summed E-state index contributed by atoms with van der Waals surface area (Å²) >= 11 is 0. The summed E-state index contributed by atoms with van der Waals surface area (Å²) in [5.74, 6) is 0.361. The molecule has 0 aromatic heterocycles. The minimum Gasteiger partial charge on any atom is -0.485 e. The highest BCUT2D eigenvalue weighted by Gasteiger charge is 2.42. The molecule has 8 nitrogen and oxygen atoms in total. The monoisotopic (exact) mass is 416 g/mol. The topological polar surface area (TPSA) is 94.2 Å². The number of hydrogen-bond acceptors (Lipinski definition) is 6. The Balaban J connectivity index is 1.85. The minimum absolute atomic E-state index is 0.147. The molecule has 0 saturated carbocycles. The third-order valence-electron chi connectivity index (χ3n) is 4.37. The van der Waals surface area contributed by atoms with Crippen LogP contribution in [0.15, 0.2) is 35.9 Å². The molecule has 1 aromatic rings. The van der Waals surface area contributed by atoms with Gasteiger partial charge < -0.3 is 14.2 Å². The third kappa shape index (κ3) is 4.93. The molecule has 2 atom stereocenters. The first kappa shape index (κ1) is 21.7. The Hall–Kier alpha value is -3.03. The number of Topliss-reactive ketones (excluding diaryl/α,β-unsaturated/α-hetero) is 1. The quantitative estimate of drug-likeness (QED) is 0.696. The Kier molecular flexibility index (Phi) is 5.54. The van der Waals surface area contributed by atoms with Gasteiger partial charge in [0, 0.05) is 12.0 Å². The van der Waals surface area contributed by atoms with Crippen molar-refractivity contribution in [2.75, 3.05) is 0 Å². The maximum Gasteiger partial charge on any atom is 0.429 e. The first-order valence-electron chi connectivity index (χ1n) is 9.88. The molecule has 1 N–H and O–H groups in total. The summed E-state index contributed by atoms with van der Waals surface area (Å²) in [4.78, 5) is 38.1. The normalized spacial score (nSPS) is 20.3. The summed E-state index contributed by atoms with van der Waals surface area (Å²) in [6.45, 7) is 10.4.